The molecular formula is C29H33N3O8. The summed E-state index contributed by atoms with van der Waals surface area (Å²) in [5, 5.41) is 5.52. The van der Waals surface area contributed by atoms with Gasteiger partial charge < -0.3 is 34.0 Å². The Bertz CT molecular complexity index is 1290. The van der Waals surface area contributed by atoms with Crippen LogP contribution in [0.4, 0.5) is 5.69 Å². The van der Waals surface area contributed by atoms with Crippen molar-refractivity contribution in [3.63, 3.8) is 0 Å². The van der Waals surface area contributed by atoms with Crippen LogP contribution in [-0.4, -0.2) is 64.9 Å². The van der Waals surface area contributed by atoms with E-state index in [2.05, 4.69) is 10.6 Å². The maximum absolute atomic E-state index is 13.9. The van der Waals surface area contributed by atoms with Gasteiger partial charge in [0.25, 0.3) is 5.91 Å². The standard InChI is InChI=1S/C29H33N3O8/c1-36-21-11-9-20(10-12-21)32(26(33)18-31-28(34)24-7-5-15-40-24)27(29(35)30-17-22-6-4-14-39-22)19-8-13-23(37-2)25(16-19)38-3/h5,7-13,15-16,22,27H,4,6,14,17-18H2,1-3H3,(H,30,35)(H,31,34)/t22-,27-/m1/s1. The summed E-state index contributed by atoms with van der Waals surface area (Å²) < 4.78 is 26.9. The predicted octanol–water partition coefficient (Wildman–Crippen LogP) is 3.10. The van der Waals surface area contributed by atoms with Gasteiger partial charge in [-0.2, -0.15) is 0 Å². The number of anilines is 1. The quantitative estimate of drug-likeness (QED) is 0.352. The number of hydrogen-bond donors (Lipinski definition) is 2. The first kappa shape index (κ1) is 28.5. The largest absolute Gasteiger partial charge is 0.497 e. The van der Waals surface area contributed by atoms with Crippen LogP contribution < -0.4 is 29.7 Å². The fourth-order valence-corrected chi connectivity index (χ4v) is 4.47. The van der Waals surface area contributed by atoms with Crippen LogP contribution in [-0.2, 0) is 14.3 Å². The molecule has 1 aliphatic rings. The highest BCUT2D eigenvalue weighted by molar-refractivity contribution is 6.04. The van der Waals surface area contributed by atoms with Gasteiger partial charge in [0.1, 0.15) is 11.8 Å². The maximum Gasteiger partial charge on any atom is 0.287 e. The zero-order valence-corrected chi connectivity index (χ0v) is 22.7. The lowest BCUT2D eigenvalue weighted by molar-refractivity contribution is -0.126. The van der Waals surface area contributed by atoms with Crippen LogP contribution >= 0.6 is 0 Å². The number of benzene rings is 2. The molecule has 2 N–H and O–H groups in total. The van der Waals surface area contributed by atoms with Gasteiger partial charge >= 0.3 is 0 Å². The van der Waals surface area contributed by atoms with E-state index in [0.717, 1.165) is 12.8 Å². The van der Waals surface area contributed by atoms with Gasteiger partial charge in [-0.15, -0.1) is 0 Å². The number of rotatable bonds is 12. The molecule has 1 aliphatic heterocycles. The number of ether oxygens (including phenoxy) is 4. The fourth-order valence-electron chi connectivity index (χ4n) is 4.47. The highest BCUT2D eigenvalue weighted by atomic mass is 16.5. The number of furan rings is 1. The molecule has 2 aromatic carbocycles. The average Bonchev–Trinajstić information content (AvgIpc) is 3.72. The summed E-state index contributed by atoms with van der Waals surface area (Å²) in [6.45, 7) is 0.544. The van der Waals surface area contributed by atoms with Gasteiger partial charge in [0.15, 0.2) is 17.3 Å². The van der Waals surface area contributed by atoms with Crippen LogP contribution in [0.1, 0.15) is 35.0 Å². The molecule has 0 radical (unpaired) electrons. The second kappa shape index (κ2) is 13.5. The molecule has 0 aliphatic carbocycles. The molecule has 0 unspecified atom stereocenters. The summed E-state index contributed by atoms with van der Waals surface area (Å²) in [7, 11) is 4.54. The summed E-state index contributed by atoms with van der Waals surface area (Å²) in [6, 6.07) is 13.7. The van der Waals surface area contributed by atoms with Crippen molar-refractivity contribution >= 4 is 23.4 Å². The van der Waals surface area contributed by atoms with Crippen LogP contribution in [0.25, 0.3) is 0 Å². The van der Waals surface area contributed by atoms with E-state index >= 15 is 0 Å². The number of nitrogens with zero attached hydrogens (tertiary/aromatic N) is 1. The molecule has 2 heterocycles. The van der Waals surface area contributed by atoms with Crippen LogP contribution in [0.2, 0.25) is 0 Å². The molecule has 11 nitrogen and oxygen atoms in total. The number of amides is 3. The van der Waals surface area contributed by atoms with Gasteiger partial charge in [0, 0.05) is 18.8 Å². The topological polar surface area (TPSA) is 129 Å². The monoisotopic (exact) mass is 551 g/mol. The minimum absolute atomic E-state index is 0.0644. The molecule has 0 spiro atoms. The molecule has 1 saturated heterocycles. The Morgan fingerprint density at radius 3 is 2.38 bits per heavy atom. The van der Waals surface area contributed by atoms with Crippen molar-refractivity contribution in [3.05, 3.63) is 72.2 Å². The van der Waals surface area contributed by atoms with Crippen molar-refractivity contribution in [3.8, 4) is 17.2 Å². The molecule has 0 saturated carbocycles. The molecule has 2 atom stereocenters. The molecule has 0 bridgehead atoms. The van der Waals surface area contributed by atoms with Gasteiger partial charge in [-0.25, -0.2) is 0 Å². The Morgan fingerprint density at radius 2 is 1.75 bits per heavy atom. The van der Waals surface area contributed by atoms with E-state index in [9.17, 15) is 14.4 Å². The zero-order chi connectivity index (χ0) is 28.5. The first-order valence-corrected chi connectivity index (χ1v) is 12.8. The van der Waals surface area contributed by atoms with Crippen molar-refractivity contribution in [2.75, 3.05) is 45.9 Å². The second-order valence-corrected chi connectivity index (χ2v) is 9.02. The molecule has 40 heavy (non-hydrogen) atoms. The molecule has 1 aromatic heterocycles. The molecule has 3 amide bonds. The average molecular weight is 552 g/mol. The number of hydrogen-bond acceptors (Lipinski definition) is 8. The van der Waals surface area contributed by atoms with E-state index in [0.29, 0.717) is 41.7 Å². The van der Waals surface area contributed by atoms with Crippen molar-refractivity contribution in [1.82, 2.24) is 10.6 Å². The van der Waals surface area contributed by atoms with Crippen LogP contribution in [0.3, 0.4) is 0 Å². The minimum Gasteiger partial charge on any atom is -0.497 e. The first-order valence-electron chi connectivity index (χ1n) is 12.8. The van der Waals surface area contributed by atoms with Crippen molar-refractivity contribution in [2.45, 2.75) is 25.0 Å². The van der Waals surface area contributed by atoms with E-state index in [1.807, 2.05) is 0 Å². The number of nitrogens with one attached hydrogen (secondary N) is 2. The highest BCUT2D eigenvalue weighted by Crippen LogP contribution is 2.35. The normalized spacial score (nSPS) is 15.1. The summed E-state index contributed by atoms with van der Waals surface area (Å²) in [6.07, 6.45) is 3.02. The molecule has 1 fully saturated rings. The van der Waals surface area contributed by atoms with E-state index in [1.54, 1.807) is 48.5 Å². The van der Waals surface area contributed by atoms with Gasteiger partial charge in [0.2, 0.25) is 11.8 Å². The molecular weight excluding hydrogens is 518 g/mol. The second-order valence-electron chi connectivity index (χ2n) is 9.02. The Labute approximate surface area is 232 Å². The molecule has 11 heteroatoms. The smallest absolute Gasteiger partial charge is 0.287 e. The Balaban J connectivity index is 1.71. The predicted molar refractivity (Wildman–Crippen MR) is 146 cm³/mol. The van der Waals surface area contributed by atoms with Crippen LogP contribution in [0.15, 0.2) is 65.3 Å². The van der Waals surface area contributed by atoms with Crippen molar-refractivity contribution in [2.24, 2.45) is 0 Å². The Hall–Kier alpha value is -4.51. The molecule has 3 aromatic rings. The molecule has 212 valence electrons. The Kier molecular flexibility index (Phi) is 9.63. The lowest BCUT2D eigenvalue weighted by atomic mass is 10.0. The third-order valence-corrected chi connectivity index (χ3v) is 6.52. The summed E-state index contributed by atoms with van der Waals surface area (Å²) in [5.41, 5.74) is 0.897. The van der Waals surface area contributed by atoms with E-state index in [4.69, 9.17) is 23.4 Å². The Morgan fingerprint density at radius 1 is 0.975 bits per heavy atom. The van der Waals surface area contributed by atoms with E-state index in [1.165, 1.54) is 38.6 Å². The van der Waals surface area contributed by atoms with Crippen molar-refractivity contribution < 1.29 is 37.7 Å². The summed E-state index contributed by atoms with van der Waals surface area (Å²) >= 11 is 0. The van der Waals surface area contributed by atoms with Gasteiger partial charge in [-0.05, 0) is 66.9 Å². The van der Waals surface area contributed by atoms with E-state index < -0.39 is 30.3 Å². The highest BCUT2D eigenvalue weighted by Gasteiger charge is 2.34. The zero-order valence-electron chi connectivity index (χ0n) is 22.7. The number of carbonyl (C=O) groups excluding carboxylic acids is 3. The third-order valence-electron chi connectivity index (χ3n) is 6.52. The molecule has 4 rings (SSSR count). The number of methoxy groups -OCH3 is 3. The summed E-state index contributed by atoms with van der Waals surface area (Å²) in [4.78, 5) is 41.5. The SMILES string of the molecule is COc1ccc(N(C(=O)CNC(=O)c2ccco2)[C@@H](C(=O)NC[C@H]2CCCO2)c2ccc(OC)c(OC)c2)cc1. The van der Waals surface area contributed by atoms with Gasteiger partial charge in [-0.3, -0.25) is 19.3 Å². The number of carbonyl (C=O) groups is 3. The van der Waals surface area contributed by atoms with Gasteiger partial charge in [-0.1, -0.05) is 6.07 Å². The van der Waals surface area contributed by atoms with E-state index in [-0.39, 0.29) is 11.9 Å². The minimum atomic E-state index is -1.12. The fraction of sp³-hybridized carbons (Fsp3) is 0.345. The lowest BCUT2D eigenvalue weighted by Crippen LogP contribution is -2.48. The third kappa shape index (κ3) is 6.73. The summed E-state index contributed by atoms with van der Waals surface area (Å²) in [5.74, 6) is -0.00908. The van der Waals surface area contributed by atoms with Gasteiger partial charge in [0.05, 0.1) is 40.2 Å². The maximum atomic E-state index is 13.9. The van der Waals surface area contributed by atoms with Crippen LogP contribution in [0, 0.1) is 0 Å². The van der Waals surface area contributed by atoms with Crippen molar-refractivity contribution in [1.29, 1.82) is 0 Å². The van der Waals surface area contributed by atoms with Crippen LogP contribution in [0.5, 0.6) is 17.2 Å². The first-order chi connectivity index (χ1) is 19.4. The lowest BCUT2D eigenvalue weighted by Gasteiger charge is -2.32.